The molecular weight excluding hydrogens is 250 g/mol. The molecule has 0 aliphatic rings. The van der Waals surface area contributed by atoms with Gasteiger partial charge in [0.25, 0.3) is 5.69 Å². The van der Waals surface area contributed by atoms with Gasteiger partial charge in [-0.3, -0.25) is 10.1 Å². The van der Waals surface area contributed by atoms with Crippen molar-refractivity contribution < 1.29 is 19.2 Å². The number of hydrogen-bond donors (Lipinski definition) is 0. The molecule has 0 N–H and O–H groups in total. The SMILES string of the molecule is CCOC(=O)/C(C)=C/c1ccc(OC)cc1[N+](=O)[O-]. The van der Waals surface area contributed by atoms with Gasteiger partial charge in [-0.15, -0.1) is 0 Å². The molecule has 0 amide bonds. The number of ether oxygens (including phenoxy) is 2. The van der Waals surface area contributed by atoms with Crippen molar-refractivity contribution in [1.29, 1.82) is 0 Å². The van der Waals surface area contributed by atoms with Crippen LogP contribution in [0, 0.1) is 10.1 Å². The Hall–Kier alpha value is -2.37. The van der Waals surface area contributed by atoms with E-state index in [4.69, 9.17) is 9.47 Å². The summed E-state index contributed by atoms with van der Waals surface area (Å²) in [6.07, 6.45) is 1.43. The fraction of sp³-hybridized carbons (Fsp3) is 0.308. The number of hydrogen-bond acceptors (Lipinski definition) is 5. The highest BCUT2D eigenvalue weighted by atomic mass is 16.6. The van der Waals surface area contributed by atoms with E-state index >= 15 is 0 Å². The van der Waals surface area contributed by atoms with Crippen LogP contribution in [-0.4, -0.2) is 24.6 Å². The van der Waals surface area contributed by atoms with Crippen LogP contribution in [0.2, 0.25) is 0 Å². The maximum Gasteiger partial charge on any atom is 0.333 e. The van der Waals surface area contributed by atoms with Gasteiger partial charge < -0.3 is 9.47 Å². The van der Waals surface area contributed by atoms with Crippen LogP contribution in [0.3, 0.4) is 0 Å². The second kappa shape index (κ2) is 6.53. The van der Waals surface area contributed by atoms with Crippen LogP contribution in [0.15, 0.2) is 23.8 Å². The normalized spacial score (nSPS) is 11.0. The first-order chi connectivity index (χ1) is 8.99. The van der Waals surface area contributed by atoms with E-state index in [9.17, 15) is 14.9 Å². The van der Waals surface area contributed by atoms with Crippen LogP contribution in [-0.2, 0) is 9.53 Å². The molecule has 0 saturated heterocycles. The fourth-order valence-electron chi connectivity index (χ4n) is 1.47. The number of nitro groups is 1. The molecule has 0 fully saturated rings. The zero-order chi connectivity index (χ0) is 14.4. The Labute approximate surface area is 110 Å². The van der Waals surface area contributed by atoms with Gasteiger partial charge in [-0.05, 0) is 32.1 Å². The van der Waals surface area contributed by atoms with E-state index in [1.165, 1.54) is 25.3 Å². The number of carbonyl (C=O) groups is 1. The van der Waals surface area contributed by atoms with Crippen molar-refractivity contribution in [2.24, 2.45) is 0 Å². The van der Waals surface area contributed by atoms with Gasteiger partial charge in [0, 0.05) is 5.57 Å². The molecule has 0 aromatic heterocycles. The minimum atomic E-state index is -0.521. The molecule has 0 aliphatic carbocycles. The number of benzene rings is 1. The number of carbonyl (C=O) groups excluding carboxylic acids is 1. The number of nitrogens with zero attached hydrogens (tertiary/aromatic N) is 1. The van der Waals surface area contributed by atoms with Gasteiger partial charge in [0.1, 0.15) is 5.75 Å². The quantitative estimate of drug-likeness (QED) is 0.354. The first-order valence-electron chi connectivity index (χ1n) is 5.67. The Kier molecular flexibility index (Phi) is 5.05. The Morgan fingerprint density at radius 2 is 2.16 bits per heavy atom. The Bertz CT molecular complexity index is 522. The summed E-state index contributed by atoms with van der Waals surface area (Å²) in [6.45, 7) is 3.50. The highest BCUT2D eigenvalue weighted by molar-refractivity contribution is 5.93. The lowest BCUT2D eigenvalue weighted by molar-refractivity contribution is -0.385. The molecule has 0 radical (unpaired) electrons. The summed E-state index contributed by atoms with van der Waals surface area (Å²) in [6, 6.07) is 4.43. The summed E-state index contributed by atoms with van der Waals surface area (Å²) in [7, 11) is 1.43. The van der Waals surface area contributed by atoms with Crippen LogP contribution >= 0.6 is 0 Å². The molecule has 6 nitrogen and oxygen atoms in total. The molecule has 1 aromatic rings. The van der Waals surface area contributed by atoms with Crippen molar-refractivity contribution in [2.75, 3.05) is 13.7 Å². The molecule has 102 valence electrons. The number of rotatable bonds is 5. The molecule has 0 atom stereocenters. The van der Waals surface area contributed by atoms with Crippen LogP contribution in [0.4, 0.5) is 5.69 Å². The average Bonchev–Trinajstić information content (AvgIpc) is 2.39. The summed E-state index contributed by atoms with van der Waals surface area (Å²) in [4.78, 5) is 21.9. The number of esters is 1. The van der Waals surface area contributed by atoms with Gasteiger partial charge in [0.05, 0.1) is 30.3 Å². The zero-order valence-electron chi connectivity index (χ0n) is 11.0. The fourth-order valence-corrected chi connectivity index (χ4v) is 1.47. The third kappa shape index (κ3) is 3.80. The molecule has 0 heterocycles. The maximum absolute atomic E-state index is 11.5. The average molecular weight is 265 g/mol. The topological polar surface area (TPSA) is 78.7 Å². The molecule has 0 saturated carbocycles. The van der Waals surface area contributed by atoms with Crippen molar-refractivity contribution in [3.8, 4) is 5.75 Å². The molecule has 0 aliphatic heterocycles. The minimum absolute atomic E-state index is 0.122. The molecule has 0 bridgehead atoms. The van der Waals surface area contributed by atoms with Crippen molar-refractivity contribution in [3.05, 3.63) is 39.4 Å². The molecule has 0 spiro atoms. The number of nitro benzene ring substituents is 1. The van der Waals surface area contributed by atoms with Crippen LogP contribution in [0.25, 0.3) is 6.08 Å². The summed E-state index contributed by atoms with van der Waals surface area (Å²) < 4.78 is 9.75. The highest BCUT2D eigenvalue weighted by Gasteiger charge is 2.15. The first-order valence-corrected chi connectivity index (χ1v) is 5.67. The third-order valence-electron chi connectivity index (χ3n) is 2.40. The molecule has 1 rings (SSSR count). The summed E-state index contributed by atoms with van der Waals surface area (Å²) in [5, 5.41) is 11.0. The lowest BCUT2D eigenvalue weighted by atomic mass is 10.1. The van der Waals surface area contributed by atoms with E-state index in [1.54, 1.807) is 19.9 Å². The monoisotopic (exact) mass is 265 g/mol. The Balaban J connectivity index is 3.16. The molecular formula is C13H15NO5. The second-order valence-electron chi connectivity index (χ2n) is 3.73. The smallest absolute Gasteiger partial charge is 0.333 e. The standard InChI is InChI=1S/C13H15NO5/c1-4-19-13(15)9(2)7-10-5-6-11(18-3)8-12(10)14(16)17/h5-8H,4H2,1-3H3/b9-7+. The van der Waals surface area contributed by atoms with Gasteiger partial charge in [0.15, 0.2) is 0 Å². The van der Waals surface area contributed by atoms with Crippen LogP contribution < -0.4 is 4.74 Å². The Morgan fingerprint density at radius 1 is 1.47 bits per heavy atom. The molecule has 6 heteroatoms. The third-order valence-corrected chi connectivity index (χ3v) is 2.40. The van der Waals surface area contributed by atoms with Gasteiger partial charge >= 0.3 is 5.97 Å². The van der Waals surface area contributed by atoms with E-state index in [1.807, 2.05) is 0 Å². The molecule has 19 heavy (non-hydrogen) atoms. The number of methoxy groups -OCH3 is 1. The van der Waals surface area contributed by atoms with Crippen molar-refractivity contribution in [2.45, 2.75) is 13.8 Å². The minimum Gasteiger partial charge on any atom is -0.497 e. The molecule has 1 aromatic carbocycles. The van der Waals surface area contributed by atoms with Crippen LogP contribution in [0.5, 0.6) is 5.75 Å². The predicted molar refractivity (Wildman–Crippen MR) is 69.9 cm³/mol. The summed E-state index contributed by atoms with van der Waals surface area (Å²) in [5.74, 6) is -0.106. The summed E-state index contributed by atoms with van der Waals surface area (Å²) >= 11 is 0. The predicted octanol–water partition coefficient (Wildman–Crippen LogP) is 2.57. The van der Waals surface area contributed by atoms with E-state index in [2.05, 4.69) is 0 Å². The first kappa shape index (κ1) is 14.7. The van der Waals surface area contributed by atoms with E-state index in [-0.39, 0.29) is 12.3 Å². The van der Waals surface area contributed by atoms with Gasteiger partial charge in [-0.25, -0.2) is 4.79 Å². The van der Waals surface area contributed by atoms with Crippen molar-refractivity contribution >= 4 is 17.7 Å². The van der Waals surface area contributed by atoms with Crippen LogP contribution in [0.1, 0.15) is 19.4 Å². The van der Waals surface area contributed by atoms with E-state index in [0.29, 0.717) is 16.9 Å². The zero-order valence-corrected chi connectivity index (χ0v) is 11.0. The second-order valence-corrected chi connectivity index (χ2v) is 3.73. The van der Waals surface area contributed by atoms with Gasteiger partial charge in [-0.1, -0.05) is 0 Å². The van der Waals surface area contributed by atoms with Gasteiger partial charge in [-0.2, -0.15) is 0 Å². The van der Waals surface area contributed by atoms with E-state index < -0.39 is 10.9 Å². The summed E-state index contributed by atoms with van der Waals surface area (Å²) in [5.41, 5.74) is 0.509. The van der Waals surface area contributed by atoms with Gasteiger partial charge in [0.2, 0.25) is 0 Å². The molecule has 0 unspecified atom stereocenters. The largest absolute Gasteiger partial charge is 0.497 e. The van der Waals surface area contributed by atoms with Crippen molar-refractivity contribution in [3.63, 3.8) is 0 Å². The van der Waals surface area contributed by atoms with Crippen molar-refractivity contribution in [1.82, 2.24) is 0 Å². The maximum atomic E-state index is 11.5. The van der Waals surface area contributed by atoms with E-state index in [0.717, 1.165) is 0 Å². The Morgan fingerprint density at radius 3 is 2.68 bits per heavy atom. The lowest BCUT2D eigenvalue weighted by Crippen LogP contribution is -2.05. The lowest BCUT2D eigenvalue weighted by Gasteiger charge is -2.04. The highest BCUT2D eigenvalue weighted by Crippen LogP contribution is 2.26.